The molecule has 4 rings (SSSR count). The molecular weight excluding hydrogens is 308 g/mol. The Morgan fingerprint density at radius 2 is 1.61 bits per heavy atom. The summed E-state index contributed by atoms with van der Waals surface area (Å²) in [5.74, 6) is 0. The van der Waals surface area contributed by atoms with E-state index in [1.54, 1.807) is 6.07 Å². The van der Waals surface area contributed by atoms with Crippen molar-refractivity contribution in [2.75, 3.05) is 11.5 Å². The van der Waals surface area contributed by atoms with Gasteiger partial charge in [-0.3, -0.25) is 0 Å². The number of nitrogen functional groups attached to an aromatic ring is 2. The van der Waals surface area contributed by atoms with Crippen LogP contribution in [0, 0.1) is 0 Å². The van der Waals surface area contributed by atoms with Crippen LogP contribution in [0.25, 0.3) is 27.8 Å². The van der Waals surface area contributed by atoms with Gasteiger partial charge in [0.25, 0.3) is 5.52 Å². The van der Waals surface area contributed by atoms with E-state index in [0.29, 0.717) is 16.4 Å². The number of aromatic nitrogens is 2. The number of nitrogens with zero attached hydrogens (tertiary/aromatic N) is 2. The van der Waals surface area contributed by atoms with Crippen molar-refractivity contribution < 1.29 is 4.57 Å². The molecule has 0 radical (unpaired) electrons. The Morgan fingerprint density at radius 3 is 2.39 bits per heavy atom. The van der Waals surface area contributed by atoms with Crippen molar-refractivity contribution in [2.24, 2.45) is 0 Å². The molecular formula is C18H14ClN4+. The summed E-state index contributed by atoms with van der Waals surface area (Å²) < 4.78 is 2.05. The predicted octanol–water partition coefficient (Wildman–Crippen LogP) is 3.48. The molecule has 1 heterocycles. The Bertz CT molecular complexity index is 1050. The zero-order valence-corrected chi connectivity index (χ0v) is 13.0. The SMILES string of the molecule is Nc1ccc2nc3ccc(N)c(Cl)c3[n+](-c3ccccc3)c2c1. The number of hydrogen-bond donors (Lipinski definition) is 2. The van der Waals surface area contributed by atoms with E-state index in [0.717, 1.165) is 27.8 Å². The maximum absolute atomic E-state index is 6.50. The number of fused-ring (bicyclic) bond motifs is 2. The van der Waals surface area contributed by atoms with E-state index in [-0.39, 0.29) is 0 Å². The Hall–Kier alpha value is -2.85. The Balaban J connectivity index is 2.29. The third-order valence-corrected chi connectivity index (χ3v) is 4.24. The second-order valence-electron chi connectivity index (χ2n) is 5.37. The number of anilines is 2. The van der Waals surface area contributed by atoms with E-state index in [9.17, 15) is 0 Å². The van der Waals surface area contributed by atoms with Gasteiger partial charge in [0.2, 0.25) is 11.2 Å². The molecule has 0 aliphatic rings. The average molecular weight is 322 g/mol. The molecule has 0 fully saturated rings. The number of hydrogen-bond acceptors (Lipinski definition) is 3. The van der Waals surface area contributed by atoms with Gasteiger partial charge < -0.3 is 11.5 Å². The lowest BCUT2D eigenvalue weighted by Crippen LogP contribution is -2.33. The van der Waals surface area contributed by atoms with E-state index in [4.69, 9.17) is 28.1 Å². The Labute approximate surface area is 137 Å². The van der Waals surface area contributed by atoms with Gasteiger partial charge in [-0.05, 0) is 24.3 Å². The number of halogens is 1. The van der Waals surface area contributed by atoms with Gasteiger partial charge in [0.15, 0.2) is 0 Å². The first kappa shape index (κ1) is 13.8. The van der Waals surface area contributed by atoms with Crippen molar-refractivity contribution in [2.45, 2.75) is 0 Å². The Kier molecular flexibility index (Phi) is 3.06. The van der Waals surface area contributed by atoms with Crippen LogP contribution in [-0.4, -0.2) is 4.98 Å². The highest BCUT2D eigenvalue weighted by Crippen LogP contribution is 2.28. The molecule has 0 bridgehead atoms. The summed E-state index contributed by atoms with van der Waals surface area (Å²) in [5, 5.41) is 0.489. The average Bonchev–Trinajstić information content (AvgIpc) is 2.57. The molecule has 0 aliphatic carbocycles. The first-order valence-electron chi connectivity index (χ1n) is 7.19. The third kappa shape index (κ3) is 2.15. The molecule has 5 heteroatoms. The summed E-state index contributed by atoms with van der Waals surface area (Å²) in [6.07, 6.45) is 0. The van der Waals surface area contributed by atoms with Crippen molar-refractivity contribution in [3.8, 4) is 5.69 Å². The molecule has 0 amide bonds. The lowest BCUT2D eigenvalue weighted by molar-refractivity contribution is -0.538. The van der Waals surface area contributed by atoms with Crippen LogP contribution in [-0.2, 0) is 0 Å². The largest absolute Gasteiger partial charge is 0.399 e. The highest BCUT2D eigenvalue weighted by atomic mass is 35.5. The minimum absolute atomic E-state index is 0.489. The van der Waals surface area contributed by atoms with Crippen LogP contribution >= 0.6 is 11.6 Å². The number of para-hydroxylation sites is 1. The van der Waals surface area contributed by atoms with E-state index in [1.165, 1.54) is 0 Å². The standard InChI is InChI=1S/C18H13ClN4/c19-17-13(21)7-9-15-18(17)23(12-4-2-1-3-5-12)16-10-11(20)6-8-14(16)22-15/h1-10H,(H3,20,21)/p+1. The van der Waals surface area contributed by atoms with Crippen LogP contribution < -0.4 is 16.0 Å². The van der Waals surface area contributed by atoms with Gasteiger partial charge in [0.05, 0.1) is 5.69 Å². The highest BCUT2D eigenvalue weighted by molar-refractivity contribution is 6.37. The van der Waals surface area contributed by atoms with Gasteiger partial charge in [-0.15, -0.1) is 4.57 Å². The molecule has 0 saturated heterocycles. The van der Waals surface area contributed by atoms with Gasteiger partial charge in [0, 0.05) is 23.9 Å². The quantitative estimate of drug-likeness (QED) is 0.320. The van der Waals surface area contributed by atoms with Gasteiger partial charge in [-0.1, -0.05) is 29.8 Å². The van der Waals surface area contributed by atoms with E-state index >= 15 is 0 Å². The zero-order valence-electron chi connectivity index (χ0n) is 12.2. The molecule has 4 aromatic rings. The van der Waals surface area contributed by atoms with E-state index in [1.807, 2.05) is 59.2 Å². The third-order valence-electron chi connectivity index (χ3n) is 3.84. The molecule has 0 unspecified atom stereocenters. The topological polar surface area (TPSA) is 68.8 Å². The molecule has 3 aromatic carbocycles. The first-order chi connectivity index (χ1) is 11.1. The van der Waals surface area contributed by atoms with Crippen LogP contribution in [0.3, 0.4) is 0 Å². The normalized spacial score (nSPS) is 11.2. The number of benzene rings is 3. The van der Waals surface area contributed by atoms with Crippen molar-refractivity contribution in [3.63, 3.8) is 0 Å². The molecule has 4 N–H and O–H groups in total. The summed E-state index contributed by atoms with van der Waals surface area (Å²) >= 11 is 6.50. The smallest absolute Gasteiger partial charge is 0.258 e. The van der Waals surface area contributed by atoms with E-state index in [2.05, 4.69) is 0 Å². The van der Waals surface area contributed by atoms with Gasteiger partial charge >= 0.3 is 0 Å². The predicted molar refractivity (Wildman–Crippen MR) is 94.6 cm³/mol. The van der Waals surface area contributed by atoms with Crippen LogP contribution in [0.15, 0.2) is 60.7 Å². The van der Waals surface area contributed by atoms with Crippen LogP contribution in [0.2, 0.25) is 5.02 Å². The molecule has 1 aromatic heterocycles. The van der Waals surface area contributed by atoms with Gasteiger partial charge in [0.1, 0.15) is 16.1 Å². The van der Waals surface area contributed by atoms with Crippen LogP contribution in [0.4, 0.5) is 11.4 Å². The summed E-state index contributed by atoms with van der Waals surface area (Å²) in [4.78, 5) is 4.69. The molecule has 23 heavy (non-hydrogen) atoms. The van der Waals surface area contributed by atoms with Crippen molar-refractivity contribution in [3.05, 3.63) is 65.7 Å². The highest BCUT2D eigenvalue weighted by Gasteiger charge is 2.23. The monoisotopic (exact) mass is 321 g/mol. The number of nitrogens with two attached hydrogens (primary N) is 2. The second-order valence-corrected chi connectivity index (χ2v) is 5.75. The molecule has 0 aliphatic heterocycles. The molecule has 112 valence electrons. The minimum Gasteiger partial charge on any atom is -0.399 e. The van der Waals surface area contributed by atoms with Crippen molar-refractivity contribution in [1.29, 1.82) is 0 Å². The second kappa shape index (κ2) is 5.11. The Morgan fingerprint density at radius 1 is 0.870 bits per heavy atom. The fourth-order valence-electron chi connectivity index (χ4n) is 2.78. The van der Waals surface area contributed by atoms with Crippen LogP contribution in [0.1, 0.15) is 0 Å². The first-order valence-corrected chi connectivity index (χ1v) is 7.57. The van der Waals surface area contributed by atoms with Gasteiger partial charge in [-0.25, -0.2) is 4.98 Å². The molecule has 0 spiro atoms. The maximum Gasteiger partial charge on any atom is 0.258 e. The molecule has 0 saturated carbocycles. The lowest BCUT2D eigenvalue weighted by atomic mass is 10.2. The van der Waals surface area contributed by atoms with Crippen molar-refractivity contribution >= 4 is 45.0 Å². The fraction of sp³-hybridized carbons (Fsp3) is 0. The number of rotatable bonds is 1. The maximum atomic E-state index is 6.50. The molecule has 0 atom stereocenters. The molecule has 4 nitrogen and oxygen atoms in total. The summed E-state index contributed by atoms with van der Waals surface area (Å²) in [6.45, 7) is 0. The van der Waals surface area contributed by atoms with E-state index < -0.39 is 0 Å². The van der Waals surface area contributed by atoms with Gasteiger partial charge in [-0.2, -0.15) is 0 Å². The zero-order chi connectivity index (χ0) is 16.0. The lowest BCUT2D eigenvalue weighted by Gasteiger charge is -2.08. The van der Waals surface area contributed by atoms with Crippen LogP contribution in [0.5, 0.6) is 0 Å². The summed E-state index contributed by atoms with van der Waals surface area (Å²) in [7, 11) is 0. The minimum atomic E-state index is 0.489. The fourth-order valence-corrected chi connectivity index (χ4v) is 3.03. The summed E-state index contributed by atoms with van der Waals surface area (Å²) in [5.41, 5.74) is 17.4. The summed E-state index contributed by atoms with van der Waals surface area (Å²) in [6, 6.07) is 19.3. The van der Waals surface area contributed by atoms with Crippen molar-refractivity contribution in [1.82, 2.24) is 4.98 Å².